The van der Waals surface area contributed by atoms with Gasteiger partial charge in [0.1, 0.15) is 0 Å². The highest BCUT2D eigenvalue weighted by atomic mass is 35.5. The molecule has 1 aromatic rings. The number of rotatable bonds is 1. The van der Waals surface area contributed by atoms with E-state index in [-0.39, 0.29) is 4.75 Å². The van der Waals surface area contributed by atoms with Gasteiger partial charge in [-0.1, -0.05) is 29.4 Å². The average molecular weight is 255 g/mol. The van der Waals surface area contributed by atoms with Crippen LogP contribution in [0.25, 0.3) is 0 Å². The number of aliphatic imine (C=N–C) groups is 1. The highest BCUT2D eigenvalue weighted by Gasteiger charge is 2.27. The third-order valence-electron chi connectivity index (χ3n) is 2.49. The number of thioether (sulfide) groups is 1. The van der Waals surface area contributed by atoms with E-state index in [0.717, 1.165) is 28.0 Å². The molecule has 4 heteroatoms. The second-order valence-corrected chi connectivity index (χ2v) is 6.62. The van der Waals surface area contributed by atoms with E-state index in [2.05, 4.69) is 24.2 Å². The number of nitrogens with zero attached hydrogens (tertiary/aromatic N) is 1. The monoisotopic (exact) mass is 254 g/mol. The summed E-state index contributed by atoms with van der Waals surface area (Å²) in [7, 11) is 0. The smallest absolute Gasteiger partial charge is 0.161 e. The van der Waals surface area contributed by atoms with Crippen LogP contribution < -0.4 is 5.32 Å². The summed E-state index contributed by atoms with van der Waals surface area (Å²) in [5.41, 5.74) is 2.11. The van der Waals surface area contributed by atoms with Crippen molar-refractivity contribution in [2.45, 2.75) is 25.5 Å². The highest BCUT2D eigenvalue weighted by molar-refractivity contribution is 8.15. The molecule has 0 saturated carbocycles. The Balaban J connectivity index is 2.14. The highest BCUT2D eigenvalue weighted by Crippen LogP contribution is 2.33. The predicted molar refractivity (Wildman–Crippen MR) is 73.8 cm³/mol. The second kappa shape index (κ2) is 4.30. The first kappa shape index (κ1) is 11.8. The fraction of sp³-hybridized carbons (Fsp3) is 0.417. The molecular weight excluding hydrogens is 240 g/mol. The molecule has 0 fully saturated rings. The quantitative estimate of drug-likeness (QED) is 0.821. The van der Waals surface area contributed by atoms with E-state index < -0.39 is 0 Å². The summed E-state index contributed by atoms with van der Waals surface area (Å²) in [4.78, 5) is 4.48. The summed E-state index contributed by atoms with van der Waals surface area (Å²) >= 11 is 7.84. The van der Waals surface area contributed by atoms with E-state index in [0.29, 0.717) is 0 Å². The van der Waals surface area contributed by atoms with Gasteiger partial charge in [0.2, 0.25) is 0 Å². The SMILES string of the molecule is Cc1c(Cl)cccc1NC1=NCC(C)(C)S1. The van der Waals surface area contributed by atoms with Crippen molar-refractivity contribution < 1.29 is 0 Å². The molecule has 1 N–H and O–H groups in total. The zero-order valence-electron chi connectivity index (χ0n) is 9.67. The minimum absolute atomic E-state index is 0.203. The fourth-order valence-corrected chi connectivity index (χ4v) is 2.63. The van der Waals surface area contributed by atoms with Gasteiger partial charge in [-0.05, 0) is 38.5 Å². The van der Waals surface area contributed by atoms with Crippen molar-refractivity contribution in [3.63, 3.8) is 0 Å². The first-order valence-electron chi connectivity index (χ1n) is 5.23. The van der Waals surface area contributed by atoms with Gasteiger partial charge in [0.15, 0.2) is 5.17 Å². The summed E-state index contributed by atoms with van der Waals surface area (Å²) in [6.07, 6.45) is 0. The van der Waals surface area contributed by atoms with Gasteiger partial charge in [0.25, 0.3) is 0 Å². The van der Waals surface area contributed by atoms with Crippen molar-refractivity contribution in [1.82, 2.24) is 0 Å². The molecule has 0 unspecified atom stereocenters. The van der Waals surface area contributed by atoms with Crippen molar-refractivity contribution in [1.29, 1.82) is 0 Å². The van der Waals surface area contributed by atoms with E-state index in [1.807, 2.05) is 25.1 Å². The molecule has 1 aliphatic heterocycles. The van der Waals surface area contributed by atoms with Gasteiger partial charge in [-0.3, -0.25) is 4.99 Å². The third-order valence-corrected chi connectivity index (χ3v) is 4.00. The third kappa shape index (κ3) is 2.53. The predicted octanol–water partition coefficient (Wildman–Crippen LogP) is 3.94. The lowest BCUT2D eigenvalue weighted by Gasteiger charge is -2.15. The number of amidine groups is 1. The Morgan fingerprint density at radius 3 is 2.81 bits per heavy atom. The van der Waals surface area contributed by atoms with Crippen molar-refractivity contribution in [2.75, 3.05) is 11.9 Å². The van der Waals surface area contributed by atoms with Crippen molar-refractivity contribution in [3.05, 3.63) is 28.8 Å². The van der Waals surface area contributed by atoms with E-state index >= 15 is 0 Å². The van der Waals surface area contributed by atoms with Crippen LogP contribution in [0.3, 0.4) is 0 Å². The first-order chi connectivity index (χ1) is 7.48. The number of halogens is 1. The Hall–Kier alpha value is -0.670. The van der Waals surface area contributed by atoms with Crippen molar-refractivity contribution in [2.24, 2.45) is 4.99 Å². The number of hydrogen-bond donors (Lipinski definition) is 1. The normalized spacial score (nSPS) is 18.4. The molecule has 0 atom stereocenters. The molecule has 0 spiro atoms. The fourth-order valence-electron chi connectivity index (χ4n) is 1.51. The standard InChI is InChI=1S/C12H15ClN2S/c1-8-9(13)5-4-6-10(8)15-11-14-7-12(2,3)16-11/h4-6H,7H2,1-3H3,(H,14,15). The number of benzene rings is 1. The summed E-state index contributed by atoms with van der Waals surface area (Å²) in [6.45, 7) is 7.26. The molecule has 0 bridgehead atoms. The summed E-state index contributed by atoms with van der Waals surface area (Å²) in [6, 6.07) is 5.87. The van der Waals surface area contributed by atoms with E-state index in [1.54, 1.807) is 11.8 Å². The molecule has 0 aromatic heterocycles. The lowest BCUT2D eigenvalue weighted by atomic mass is 10.2. The van der Waals surface area contributed by atoms with Crippen LogP contribution in [-0.4, -0.2) is 16.5 Å². The van der Waals surface area contributed by atoms with Crippen molar-refractivity contribution in [3.8, 4) is 0 Å². The Morgan fingerprint density at radius 1 is 1.44 bits per heavy atom. The molecule has 2 nitrogen and oxygen atoms in total. The van der Waals surface area contributed by atoms with Crippen LogP contribution >= 0.6 is 23.4 Å². The van der Waals surface area contributed by atoms with E-state index in [1.165, 1.54) is 0 Å². The molecule has 0 amide bonds. The average Bonchev–Trinajstić information content (AvgIpc) is 2.53. The van der Waals surface area contributed by atoms with E-state index in [9.17, 15) is 0 Å². The first-order valence-corrected chi connectivity index (χ1v) is 6.43. The molecule has 0 saturated heterocycles. The Morgan fingerprint density at radius 2 is 2.19 bits per heavy atom. The minimum Gasteiger partial charge on any atom is -0.335 e. The van der Waals surface area contributed by atoms with Crippen LogP contribution in [-0.2, 0) is 0 Å². The lowest BCUT2D eigenvalue weighted by Crippen LogP contribution is -2.16. The zero-order chi connectivity index (χ0) is 11.8. The Labute approximate surface area is 105 Å². The lowest BCUT2D eigenvalue weighted by molar-refractivity contribution is 0.741. The van der Waals surface area contributed by atoms with Gasteiger partial charge in [0.05, 0.1) is 6.54 Å². The molecule has 1 aliphatic rings. The molecular formula is C12H15ClN2S. The number of hydrogen-bond acceptors (Lipinski definition) is 3. The maximum Gasteiger partial charge on any atom is 0.161 e. The van der Waals surface area contributed by atoms with Crippen LogP contribution in [0.15, 0.2) is 23.2 Å². The molecule has 1 aromatic carbocycles. The topological polar surface area (TPSA) is 24.4 Å². The number of anilines is 1. The molecule has 16 heavy (non-hydrogen) atoms. The van der Waals surface area contributed by atoms with Crippen molar-refractivity contribution >= 4 is 34.2 Å². The van der Waals surface area contributed by atoms with Crippen LogP contribution in [0.4, 0.5) is 5.69 Å². The maximum atomic E-state index is 6.07. The van der Waals surface area contributed by atoms with Gasteiger partial charge in [-0.2, -0.15) is 0 Å². The van der Waals surface area contributed by atoms with E-state index in [4.69, 9.17) is 11.6 Å². The summed E-state index contributed by atoms with van der Waals surface area (Å²) in [5, 5.41) is 5.10. The van der Waals surface area contributed by atoms with Gasteiger partial charge in [-0.25, -0.2) is 0 Å². The van der Waals surface area contributed by atoms with Gasteiger partial charge in [0, 0.05) is 15.5 Å². The van der Waals surface area contributed by atoms with Crippen LogP contribution in [0.2, 0.25) is 5.02 Å². The van der Waals surface area contributed by atoms with Crippen LogP contribution in [0.5, 0.6) is 0 Å². The maximum absolute atomic E-state index is 6.07. The molecule has 1 heterocycles. The molecule has 0 aliphatic carbocycles. The summed E-state index contributed by atoms with van der Waals surface area (Å²) in [5.74, 6) is 0. The molecule has 0 radical (unpaired) electrons. The largest absolute Gasteiger partial charge is 0.335 e. The molecule has 86 valence electrons. The van der Waals surface area contributed by atoms with Gasteiger partial charge in [-0.15, -0.1) is 0 Å². The Bertz CT molecular complexity index is 441. The number of nitrogens with one attached hydrogen (secondary N) is 1. The summed E-state index contributed by atoms with van der Waals surface area (Å²) < 4.78 is 0.203. The van der Waals surface area contributed by atoms with Gasteiger partial charge < -0.3 is 5.32 Å². The van der Waals surface area contributed by atoms with Gasteiger partial charge >= 0.3 is 0 Å². The minimum atomic E-state index is 0.203. The second-order valence-electron chi connectivity index (χ2n) is 4.52. The molecule has 2 rings (SSSR count). The van der Waals surface area contributed by atoms with Crippen LogP contribution in [0, 0.1) is 6.92 Å². The van der Waals surface area contributed by atoms with Crippen LogP contribution in [0.1, 0.15) is 19.4 Å². The Kier molecular flexibility index (Phi) is 3.17. The zero-order valence-corrected chi connectivity index (χ0v) is 11.2.